The van der Waals surface area contributed by atoms with Gasteiger partial charge in [-0.05, 0) is 39.8 Å². The van der Waals surface area contributed by atoms with Crippen LogP contribution in [0.2, 0.25) is 0 Å². The third kappa shape index (κ3) is 4.75. The number of nitrogens with zero attached hydrogens (tertiary/aromatic N) is 1. The molecule has 2 unspecified atom stereocenters. The molecule has 0 aromatic rings. The summed E-state index contributed by atoms with van der Waals surface area (Å²) in [7, 11) is 3.54. The molecule has 1 aliphatic rings. The molecule has 0 spiro atoms. The minimum atomic E-state index is -0.599. The molecule has 112 valence electrons. The minimum absolute atomic E-state index is 0.183. The zero-order chi connectivity index (χ0) is 14.3. The number of likely N-dealkylation sites (N-methyl/N-ethyl adjacent to an activating group) is 1. The van der Waals surface area contributed by atoms with Crippen molar-refractivity contribution in [3.8, 4) is 0 Å². The van der Waals surface area contributed by atoms with Crippen LogP contribution in [0.25, 0.3) is 0 Å². The maximum absolute atomic E-state index is 11.9. The van der Waals surface area contributed by atoms with Crippen molar-refractivity contribution >= 4 is 5.97 Å². The molecule has 0 amide bonds. The first-order chi connectivity index (χ1) is 9.03. The molecule has 2 atom stereocenters. The van der Waals surface area contributed by atoms with E-state index in [0.717, 1.165) is 45.6 Å². The maximum atomic E-state index is 11.9. The molecule has 0 aromatic heterocycles. The van der Waals surface area contributed by atoms with Crippen molar-refractivity contribution in [2.24, 2.45) is 0 Å². The quantitative estimate of drug-likeness (QED) is 0.669. The summed E-state index contributed by atoms with van der Waals surface area (Å²) in [6.07, 6.45) is 2.82. The van der Waals surface area contributed by atoms with Crippen LogP contribution in [0.3, 0.4) is 0 Å². The Morgan fingerprint density at radius 2 is 2.32 bits per heavy atom. The molecule has 1 heterocycles. The van der Waals surface area contributed by atoms with Crippen molar-refractivity contribution in [1.29, 1.82) is 0 Å². The van der Waals surface area contributed by atoms with Gasteiger partial charge in [-0.1, -0.05) is 6.92 Å². The summed E-state index contributed by atoms with van der Waals surface area (Å²) in [6, 6.07) is 0.480. The number of methoxy groups -OCH3 is 1. The Labute approximate surface area is 116 Å². The van der Waals surface area contributed by atoms with E-state index in [0.29, 0.717) is 6.04 Å². The predicted molar refractivity (Wildman–Crippen MR) is 75.2 cm³/mol. The van der Waals surface area contributed by atoms with Crippen molar-refractivity contribution in [2.45, 2.75) is 44.7 Å². The maximum Gasteiger partial charge on any atom is 0.325 e. The van der Waals surface area contributed by atoms with Gasteiger partial charge in [0.1, 0.15) is 5.54 Å². The lowest BCUT2D eigenvalue weighted by atomic mass is 9.97. The summed E-state index contributed by atoms with van der Waals surface area (Å²) in [5.41, 5.74) is -0.599. The van der Waals surface area contributed by atoms with Crippen LogP contribution in [0.5, 0.6) is 0 Å². The van der Waals surface area contributed by atoms with Gasteiger partial charge in [-0.2, -0.15) is 0 Å². The third-order valence-corrected chi connectivity index (χ3v) is 3.89. The Kier molecular flexibility index (Phi) is 6.75. The van der Waals surface area contributed by atoms with Crippen LogP contribution in [0.1, 0.15) is 33.1 Å². The molecule has 5 nitrogen and oxygen atoms in total. The van der Waals surface area contributed by atoms with Crippen molar-refractivity contribution in [2.75, 3.05) is 40.5 Å². The van der Waals surface area contributed by atoms with Gasteiger partial charge in [0.2, 0.25) is 0 Å². The molecule has 0 aromatic carbocycles. The second-order valence-electron chi connectivity index (χ2n) is 5.50. The number of hydrogen-bond donors (Lipinski definition) is 1. The van der Waals surface area contributed by atoms with Crippen LogP contribution in [0.4, 0.5) is 0 Å². The fourth-order valence-electron chi connectivity index (χ4n) is 2.34. The van der Waals surface area contributed by atoms with Gasteiger partial charge in [-0.15, -0.1) is 0 Å². The summed E-state index contributed by atoms with van der Waals surface area (Å²) < 4.78 is 10.3. The Hall–Kier alpha value is -0.650. The molecule has 0 aliphatic carbocycles. The van der Waals surface area contributed by atoms with Gasteiger partial charge in [-0.25, -0.2) is 0 Å². The van der Waals surface area contributed by atoms with E-state index in [4.69, 9.17) is 9.47 Å². The van der Waals surface area contributed by atoms with Gasteiger partial charge in [0.05, 0.1) is 13.7 Å². The summed E-state index contributed by atoms with van der Waals surface area (Å²) in [5.74, 6) is -0.183. The van der Waals surface area contributed by atoms with Crippen molar-refractivity contribution in [3.63, 3.8) is 0 Å². The first kappa shape index (κ1) is 16.4. The van der Waals surface area contributed by atoms with E-state index < -0.39 is 5.54 Å². The van der Waals surface area contributed by atoms with Gasteiger partial charge < -0.3 is 19.7 Å². The van der Waals surface area contributed by atoms with Gasteiger partial charge >= 0.3 is 5.97 Å². The highest BCUT2D eigenvalue weighted by molar-refractivity contribution is 5.80. The topological polar surface area (TPSA) is 50.8 Å². The van der Waals surface area contributed by atoms with E-state index in [1.54, 1.807) is 0 Å². The number of nitrogens with one attached hydrogen (secondary N) is 1. The Morgan fingerprint density at radius 3 is 2.84 bits per heavy atom. The highest BCUT2D eigenvalue weighted by Crippen LogP contribution is 2.16. The second-order valence-corrected chi connectivity index (χ2v) is 5.50. The highest BCUT2D eigenvalue weighted by atomic mass is 16.5. The molecule has 1 rings (SSSR count). The van der Waals surface area contributed by atoms with Crippen molar-refractivity contribution < 1.29 is 14.3 Å². The van der Waals surface area contributed by atoms with Gasteiger partial charge in [-0.3, -0.25) is 4.79 Å². The zero-order valence-corrected chi connectivity index (χ0v) is 12.7. The van der Waals surface area contributed by atoms with E-state index in [1.165, 1.54) is 7.11 Å². The van der Waals surface area contributed by atoms with E-state index in [9.17, 15) is 4.79 Å². The van der Waals surface area contributed by atoms with Crippen molar-refractivity contribution in [1.82, 2.24) is 10.2 Å². The van der Waals surface area contributed by atoms with Gasteiger partial charge in [0.25, 0.3) is 0 Å². The van der Waals surface area contributed by atoms with Crippen LogP contribution in [-0.2, 0) is 14.3 Å². The number of esters is 1. The Bertz CT molecular complexity index is 280. The normalized spacial score (nSPS) is 22.5. The summed E-state index contributed by atoms with van der Waals surface area (Å²) in [6.45, 7) is 7.34. The standard InChI is InChI=1S/C14H28N2O3/c1-5-8-15-14(2,13(17)18-4)7-9-16(3)12-6-10-19-11-12/h12,15H,5-11H2,1-4H3. The molecule has 1 aliphatic heterocycles. The van der Waals surface area contributed by atoms with Crippen LogP contribution in [0, 0.1) is 0 Å². The first-order valence-electron chi connectivity index (χ1n) is 7.15. The predicted octanol–water partition coefficient (Wildman–Crippen LogP) is 1.03. The minimum Gasteiger partial charge on any atom is -0.468 e. The third-order valence-electron chi connectivity index (χ3n) is 3.89. The number of carbonyl (C=O) groups is 1. The molecular weight excluding hydrogens is 244 g/mol. The highest BCUT2D eigenvalue weighted by Gasteiger charge is 2.34. The van der Waals surface area contributed by atoms with E-state index in [-0.39, 0.29) is 5.97 Å². The molecule has 0 radical (unpaired) electrons. The van der Waals surface area contributed by atoms with Crippen molar-refractivity contribution in [3.05, 3.63) is 0 Å². The number of carbonyl (C=O) groups excluding carboxylic acids is 1. The van der Waals surface area contributed by atoms with Crippen LogP contribution in [0.15, 0.2) is 0 Å². The second kappa shape index (κ2) is 7.82. The van der Waals surface area contributed by atoms with Crippen LogP contribution >= 0.6 is 0 Å². The fourth-order valence-corrected chi connectivity index (χ4v) is 2.34. The molecular formula is C14H28N2O3. The lowest BCUT2D eigenvalue weighted by Gasteiger charge is -2.31. The molecule has 1 saturated heterocycles. The molecule has 0 saturated carbocycles. The smallest absolute Gasteiger partial charge is 0.325 e. The van der Waals surface area contributed by atoms with Crippen LogP contribution in [-0.4, -0.2) is 62.9 Å². The average molecular weight is 272 g/mol. The van der Waals surface area contributed by atoms with E-state index >= 15 is 0 Å². The number of hydrogen-bond acceptors (Lipinski definition) is 5. The molecule has 5 heteroatoms. The largest absolute Gasteiger partial charge is 0.468 e. The summed E-state index contributed by atoms with van der Waals surface area (Å²) >= 11 is 0. The zero-order valence-electron chi connectivity index (χ0n) is 12.7. The summed E-state index contributed by atoms with van der Waals surface area (Å²) in [5, 5.41) is 3.31. The Morgan fingerprint density at radius 1 is 1.58 bits per heavy atom. The molecule has 1 N–H and O–H groups in total. The SMILES string of the molecule is CCCNC(C)(CCN(C)C1CCOC1)C(=O)OC. The fraction of sp³-hybridized carbons (Fsp3) is 0.929. The number of ether oxygens (including phenoxy) is 2. The first-order valence-corrected chi connectivity index (χ1v) is 7.15. The molecule has 0 bridgehead atoms. The summed E-state index contributed by atoms with van der Waals surface area (Å²) in [4.78, 5) is 14.2. The average Bonchev–Trinajstić information content (AvgIpc) is 2.95. The van der Waals surface area contributed by atoms with Gasteiger partial charge in [0.15, 0.2) is 0 Å². The van der Waals surface area contributed by atoms with Crippen LogP contribution < -0.4 is 5.32 Å². The van der Waals surface area contributed by atoms with E-state index in [1.807, 2.05) is 6.92 Å². The Balaban J connectivity index is 2.49. The van der Waals surface area contributed by atoms with E-state index in [2.05, 4.69) is 24.2 Å². The molecule has 1 fully saturated rings. The lowest BCUT2D eigenvalue weighted by Crippen LogP contribution is -2.52. The number of rotatable bonds is 8. The lowest BCUT2D eigenvalue weighted by molar-refractivity contribution is -0.148. The molecule has 19 heavy (non-hydrogen) atoms. The van der Waals surface area contributed by atoms with Gasteiger partial charge in [0, 0.05) is 19.2 Å². The monoisotopic (exact) mass is 272 g/mol.